The molecule has 0 aliphatic carbocycles. The topological polar surface area (TPSA) is 92.2 Å². The molecule has 0 unspecified atom stereocenters. The zero-order valence-corrected chi connectivity index (χ0v) is 11.7. The second kappa shape index (κ2) is 5.74. The van der Waals surface area contributed by atoms with Crippen LogP contribution in [0.5, 0.6) is 0 Å². The van der Waals surface area contributed by atoms with Gasteiger partial charge in [0.25, 0.3) is 5.91 Å². The van der Waals surface area contributed by atoms with Crippen molar-refractivity contribution in [1.82, 2.24) is 9.97 Å². The number of rotatable bonds is 3. The van der Waals surface area contributed by atoms with Gasteiger partial charge in [0.1, 0.15) is 5.69 Å². The summed E-state index contributed by atoms with van der Waals surface area (Å²) in [6.07, 6.45) is 4.15. The third kappa shape index (κ3) is 3.25. The minimum Gasteiger partial charge on any atom is -0.478 e. The monoisotopic (exact) mass is 369 g/mol. The Morgan fingerprint density at radius 2 is 2.05 bits per heavy atom. The molecule has 2 aromatic rings. The molecular weight excluding hydrogens is 361 g/mol. The van der Waals surface area contributed by atoms with Crippen LogP contribution in [0.3, 0.4) is 0 Å². The van der Waals surface area contributed by atoms with Crippen LogP contribution in [0.2, 0.25) is 0 Å². The molecule has 7 heteroatoms. The van der Waals surface area contributed by atoms with Gasteiger partial charge in [-0.1, -0.05) is 0 Å². The van der Waals surface area contributed by atoms with E-state index in [2.05, 4.69) is 15.3 Å². The highest BCUT2D eigenvalue weighted by molar-refractivity contribution is 14.1. The van der Waals surface area contributed by atoms with Gasteiger partial charge < -0.3 is 10.4 Å². The van der Waals surface area contributed by atoms with Crippen LogP contribution in [0.25, 0.3) is 0 Å². The van der Waals surface area contributed by atoms with Gasteiger partial charge >= 0.3 is 5.97 Å². The number of carboxylic acid groups (broad SMARTS) is 1. The van der Waals surface area contributed by atoms with E-state index in [4.69, 9.17) is 5.11 Å². The van der Waals surface area contributed by atoms with Crippen LogP contribution in [0, 0.1) is 3.57 Å². The molecule has 0 spiro atoms. The van der Waals surface area contributed by atoms with E-state index in [1.807, 2.05) is 22.6 Å². The number of halogens is 1. The van der Waals surface area contributed by atoms with Gasteiger partial charge in [0.05, 0.1) is 17.4 Å². The summed E-state index contributed by atoms with van der Waals surface area (Å²) in [5, 5.41) is 11.6. The molecule has 0 saturated heterocycles. The smallest absolute Gasteiger partial charge is 0.337 e. The minimum atomic E-state index is -1.10. The number of nitrogens with one attached hydrogen (secondary N) is 1. The summed E-state index contributed by atoms with van der Waals surface area (Å²) in [5.74, 6) is -1.61. The van der Waals surface area contributed by atoms with Crippen molar-refractivity contribution in [3.63, 3.8) is 0 Å². The number of carbonyl (C=O) groups excluding carboxylic acids is 1. The van der Waals surface area contributed by atoms with Crippen LogP contribution < -0.4 is 5.32 Å². The summed E-state index contributed by atoms with van der Waals surface area (Å²) in [6, 6.07) is 4.73. The fraction of sp³-hybridized carbons (Fsp3) is 0. The predicted molar refractivity (Wildman–Crippen MR) is 76.1 cm³/mol. The fourth-order valence-corrected chi connectivity index (χ4v) is 1.90. The molecule has 2 N–H and O–H groups in total. The van der Waals surface area contributed by atoms with Crippen molar-refractivity contribution in [3.8, 4) is 0 Å². The molecule has 2 rings (SSSR count). The lowest BCUT2D eigenvalue weighted by molar-refractivity contribution is 0.0698. The second-order valence-electron chi connectivity index (χ2n) is 3.54. The molecule has 0 aliphatic heterocycles. The number of benzene rings is 1. The van der Waals surface area contributed by atoms with Gasteiger partial charge in [-0.3, -0.25) is 9.78 Å². The SMILES string of the molecule is O=C(Nc1ccc(I)cc1C(=O)O)c1cnccn1. The molecule has 1 aromatic heterocycles. The largest absolute Gasteiger partial charge is 0.478 e. The Balaban J connectivity index is 2.29. The van der Waals surface area contributed by atoms with Crippen molar-refractivity contribution in [2.24, 2.45) is 0 Å². The summed E-state index contributed by atoms with van der Waals surface area (Å²) in [6.45, 7) is 0. The zero-order valence-electron chi connectivity index (χ0n) is 9.50. The average Bonchev–Trinajstić information content (AvgIpc) is 2.41. The maximum Gasteiger partial charge on any atom is 0.337 e. The maximum atomic E-state index is 11.9. The summed E-state index contributed by atoms with van der Waals surface area (Å²) < 4.78 is 0.771. The first kappa shape index (κ1) is 13.4. The Hall–Kier alpha value is -2.03. The van der Waals surface area contributed by atoms with Gasteiger partial charge in [0, 0.05) is 16.0 Å². The van der Waals surface area contributed by atoms with Crippen LogP contribution in [-0.4, -0.2) is 27.0 Å². The molecule has 0 aliphatic rings. The Morgan fingerprint density at radius 1 is 1.26 bits per heavy atom. The van der Waals surface area contributed by atoms with E-state index in [9.17, 15) is 9.59 Å². The number of aromatic nitrogens is 2. The normalized spacial score (nSPS) is 9.95. The van der Waals surface area contributed by atoms with Crippen molar-refractivity contribution >= 4 is 40.2 Å². The van der Waals surface area contributed by atoms with Crippen molar-refractivity contribution in [3.05, 3.63) is 51.6 Å². The highest BCUT2D eigenvalue weighted by atomic mass is 127. The number of aromatic carboxylic acids is 1. The molecule has 0 saturated carbocycles. The lowest BCUT2D eigenvalue weighted by Gasteiger charge is -2.08. The number of hydrogen-bond donors (Lipinski definition) is 2. The first-order valence-electron chi connectivity index (χ1n) is 5.18. The van der Waals surface area contributed by atoms with E-state index in [1.165, 1.54) is 24.7 Å². The van der Waals surface area contributed by atoms with Crippen molar-refractivity contribution in [2.75, 3.05) is 5.32 Å². The number of carbonyl (C=O) groups is 2. The van der Waals surface area contributed by atoms with Gasteiger partial charge in [0.2, 0.25) is 0 Å². The van der Waals surface area contributed by atoms with E-state index in [-0.39, 0.29) is 16.9 Å². The lowest BCUT2D eigenvalue weighted by atomic mass is 10.2. The number of amides is 1. The molecule has 0 atom stereocenters. The Kier molecular flexibility index (Phi) is 4.05. The quantitative estimate of drug-likeness (QED) is 0.808. The average molecular weight is 369 g/mol. The summed E-state index contributed by atoms with van der Waals surface area (Å²) >= 11 is 2.00. The molecule has 6 nitrogen and oxygen atoms in total. The standard InChI is InChI=1S/C12H8IN3O3/c13-7-1-2-9(8(5-7)12(18)19)16-11(17)10-6-14-3-4-15-10/h1-6H,(H,16,17)(H,18,19). The fourth-order valence-electron chi connectivity index (χ4n) is 1.41. The van der Waals surface area contributed by atoms with Gasteiger partial charge in [-0.2, -0.15) is 0 Å². The highest BCUT2D eigenvalue weighted by Crippen LogP contribution is 2.19. The number of nitrogens with zero attached hydrogens (tertiary/aromatic N) is 2. The molecule has 19 heavy (non-hydrogen) atoms. The van der Waals surface area contributed by atoms with Crippen LogP contribution in [0.4, 0.5) is 5.69 Å². The predicted octanol–water partition coefficient (Wildman–Crippen LogP) is 2.03. The van der Waals surface area contributed by atoms with Crippen molar-refractivity contribution < 1.29 is 14.7 Å². The maximum absolute atomic E-state index is 11.9. The second-order valence-corrected chi connectivity index (χ2v) is 4.79. The Bertz CT molecular complexity index is 631. The lowest BCUT2D eigenvalue weighted by Crippen LogP contribution is -2.16. The summed E-state index contributed by atoms with van der Waals surface area (Å²) in [7, 11) is 0. The van der Waals surface area contributed by atoms with Crippen LogP contribution in [-0.2, 0) is 0 Å². The third-order valence-electron chi connectivity index (χ3n) is 2.26. The van der Waals surface area contributed by atoms with E-state index < -0.39 is 11.9 Å². The van der Waals surface area contributed by atoms with Crippen molar-refractivity contribution in [1.29, 1.82) is 0 Å². The first-order valence-corrected chi connectivity index (χ1v) is 6.26. The molecule has 0 bridgehead atoms. The highest BCUT2D eigenvalue weighted by Gasteiger charge is 2.14. The van der Waals surface area contributed by atoms with E-state index in [0.29, 0.717) is 0 Å². The molecule has 96 valence electrons. The number of carboxylic acids is 1. The first-order chi connectivity index (χ1) is 9.08. The van der Waals surface area contributed by atoms with Crippen molar-refractivity contribution in [2.45, 2.75) is 0 Å². The van der Waals surface area contributed by atoms with E-state index in [1.54, 1.807) is 12.1 Å². The summed E-state index contributed by atoms with van der Waals surface area (Å²) in [4.78, 5) is 30.6. The number of anilines is 1. The molecule has 0 fully saturated rings. The zero-order chi connectivity index (χ0) is 13.8. The molecule has 1 amide bonds. The van der Waals surface area contributed by atoms with E-state index >= 15 is 0 Å². The van der Waals surface area contributed by atoms with Gasteiger partial charge in [0.15, 0.2) is 0 Å². The molecule has 1 aromatic carbocycles. The van der Waals surface area contributed by atoms with E-state index in [0.717, 1.165) is 3.57 Å². The van der Waals surface area contributed by atoms with Crippen LogP contribution in [0.1, 0.15) is 20.8 Å². The van der Waals surface area contributed by atoms with Crippen LogP contribution >= 0.6 is 22.6 Å². The Labute approximate surface area is 122 Å². The molecular formula is C12H8IN3O3. The Morgan fingerprint density at radius 3 is 2.68 bits per heavy atom. The third-order valence-corrected chi connectivity index (χ3v) is 2.93. The molecule has 0 radical (unpaired) electrons. The van der Waals surface area contributed by atoms with Gasteiger partial charge in [-0.05, 0) is 40.8 Å². The molecule has 1 heterocycles. The van der Waals surface area contributed by atoms with Gasteiger partial charge in [-0.15, -0.1) is 0 Å². The summed E-state index contributed by atoms with van der Waals surface area (Å²) in [5.41, 5.74) is 0.380. The number of hydrogen-bond acceptors (Lipinski definition) is 4. The van der Waals surface area contributed by atoms with Gasteiger partial charge in [-0.25, -0.2) is 9.78 Å². The van der Waals surface area contributed by atoms with Crippen LogP contribution in [0.15, 0.2) is 36.8 Å². The minimum absolute atomic E-state index is 0.0316.